The summed E-state index contributed by atoms with van der Waals surface area (Å²) in [7, 11) is 3.43. The molecule has 0 saturated heterocycles. The lowest BCUT2D eigenvalue weighted by Crippen LogP contribution is -2.29. The van der Waals surface area contributed by atoms with Crippen molar-refractivity contribution in [2.24, 2.45) is 0 Å². The molecular formula is C15H25N5O2. The van der Waals surface area contributed by atoms with Crippen LogP contribution in [0.3, 0.4) is 0 Å². The van der Waals surface area contributed by atoms with Crippen LogP contribution in [-0.4, -0.2) is 53.7 Å². The van der Waals surface area contributed by atoms with Crippen LogP contribution in [-0.2, 0) is 4.79 Å². The molecule has 122 valence electrons. The SMILES string of the molecule is CN(C)C(=O)CNc1cc(NC2CCC(O)CC2)ncc1N. The highest BCUT2D eigenvalue weighted by atomic mass is 16.3. The van der Waals surface area contributed by atoms with Crippen LogP contribution in [0.1, 0.15) is 25.7 Å². The van der Waals surface area contributed by atoms with Crippen molar-refractivity contribution in [1.82, 2.24) is 9.88 Å². The first-order chi connectivity index (χ1) is 10.5. The Bertz CT molecular complexity index is 513. The van der Waals surface area contributed by atoms with E-state index >= 15 is 0 Å². The largest absolute Gasteiger partial charge is 0.396 e. The van der Waals surface area contributed by atoms with E-state index in [-0.39, 0.29) is 18.6 Å². The smallest absolute Gasteiger partial charge is 0.241 e. The molecule has 0 atom stereocenters. The van der Waals surface area contributed by atoms with Crippen molar-refractivity contribution in [3.63, 3.8) is 0 Å². The van der Waals surface area contributed by atoms with Gasteiger partial charge >= 0.3 is 0 Å². The number of aromatic nitrogens is 1. The number of nitrogen functional groups attached to an aromatic ring is 1. The fraction of sp³-hybridized carbons (Fsp3) is 0.600. The van der Waals surface area contributed by atoms with Gasteiger partial charge in [0, 0.05) is 26.2 Å². The molecule has 5 N–H and O–H groups in total. The second-order valence-electron chi connectivity index (χ2n) is 5.95. The Morgan fingerprint density at radius 2 is 2.09 bits per heavy atom. The highest BCUT2D eigenvalue weighted by molar-refractivity contribution is 5.82. The van der Waals surface area contributed by atoms with Gasteiger partial charge in [-0.1, -0.05) is 0 Å². The molecule has 1 aliphatic rings. The summed E-state index contributed by atoms with van der Waals surface area (Å²) in [6, 6.07) is 2.14. The quantitative estimate of drug-likeness (QED) is 0.644. The average Bonchev–Trinajstić information content (AvgIpc) is 2.49. The van der Waals surface area contributed by atoms with E-state index in [1.54, 1.807) is 20.3 Å². The van der Waals surface area contributed by atoms with Gasteiger partial charge in [-0.25, -0.2) is 4.98 Å². The molecule has 7 heteroatoms. The zero-order valence-electron chi connectivity index (χ0n) is 13.2. The average molecular weight is 307 g/mol. The molecule has 7 nitrogen and oxygen atoms in total. The zero-order valence-corrected chi connectivity index (χ0v) is 13.2. The highest BCUT2D eigenvalue weighted by Gasteiger charge is 2.19. The first-order valence-electron chi connectivity index (χ1n) is 7.60. The Balaban J connectivity index is 1.95. The number of pyridine rings is 1. The van der Waals surface area contributed by atoms with Crippen molar-refractivity contribution in [1.29, 1.82) is 0 Å². The Morgan fingerprint density at radius 3 is 2.73 bits per heavy atom. The third kappa shape index (κ3) is 4.49. The molecule has 1 fully saturated rings. The summed E-state index contributed by atoms with van der Waals surface area (Å²) in [6.45, 7) is 0.191. The van der Waals surface area contributed by atoms with Gasteiger partial charge in [0.1, 0.15) is 5.82 Å². The molecule has 0 aliphatic heterocycles. The summed E-state index contributed by atoms with van der Waals surface area (Å²) in [5, 5.41) is 15.9. The number of carbonyl (C=O) groups is 1. The molecule has 1 heterocycles. The maximum absolute atomic E-state index is 11.6. The highest BCUT2D eigenvalue weighted by Crippen LogP contribution is 2.24. The summed E-state index contributed by atoms with van der Waals surface area (Å²) in [5.41, 5.74) is 7.10. The number of anilines is 3. The van der Waals surface area contributed by atoms with Gasteiger partial charge in [0.15, 0.2) is 0 Å². The zero-order chi connectivity index (χ0) is 16.1. The van der Waals surface area contributed by atoms with Crippen molar-refractivity contribution in [2.45, 2.75) is 37.8 Å². The van der Waals surface area contributed by atoms with E-state index in [1.807, 2.05) is 6.07 Å². The Morgan fingerprint density at radius 1 is 1.41 bits per heavy atom. The van der Waals surface area contributed by atoms with Crippen molar-refractivity contribution in [2.75, 3.05) is 37.0 Å². The van der Waals surface area contributed by atoms with Gasteiger partial charge in [-0.2, -0.15) is 0 Å². The van der Waals surface area contributed by atoms with Crippen LogP contribution >= 0.6 is 0 Å². The number of aliphatic hydroxyl groups excluding tert-OH is 1. The van der Waals surface area contributed by atoms with E-state index in [9.17, 15) is 9.90 Å². The third-order valence-corrected chi connectivity index (χ3v) is 3.91. The van der Waals surface area contributed by atoms with Crippen LogP contribution in [0.2, 0.25) is 0 Å². The lowest BCUT2D eigenvalue weighted by molar-refractivity contribution is -0.126. The molecule has 1 aliphatic carbocycles. The van der Waals surface area contributed by atoms with Gasteiger partial charge in [-0.05, 0) is 25.7 Å². The van der Waals surface area contributed by atoms with Crippen molar-refractivity contribution < 1.29 is 9.90 Å². The lowest BCUT2D eigenvalue weighted by atomic mass is 9.93. The van der Waals surface area contributed by atoms with Gasteiger partial charge in [0.05, 0.1) is 30.2 Å². The first kappa shape index (κ1) is 16.4. The predicted octanol–water partition coefficient (Wildman–Crippen LogP) is 0.879. The molecule has 2 rings (SSSR count). The van der Waals surface area contributed by atoms with Crippen LogP contribution in [0.4, 0.5) is 17.2 Å². The molecule has 1 saturated carbocycles. The van der Waals surface area contributed by atoms with E-state index in [0.29, 0.717) is 17.4 Å². The lowest BCUT2D eigenvalue weighted by Gasteiger charge is -2.26. The minimum atomic E-state index is -0.174. The van der Waals surface area contributed by atoms with E-state index in [4.69, 9.17) is 5.73 Å². The first-order valence-corrected chi connectivity index (χ1v) is 7.60. The van der Waals surface area contributed by atoms with E-state index in [1.165, 1.54) is 4.90 Å². The van der Waals surface area contributed by atoms with Gasteiger partial charge in [0.25, 0.3) is 0 Å². The molecule has 1 aromatic rings. The maximum Gasteiger partial charge on any atom is 0.241 e. The summed E-state index contributed by atoms with van der Waals surface area (Å²) < 4.78 is 0. The summed E-state index contributed by atoms with van der Waals surface area (Å²) in [5.74, 6) is 0.711. The van der Waals surface area contributed by atoms with Crippen LogP contribution in [0, 0.1) is 0 Å². The number of hydrogen-bond donors (Lipinski definition) is 4. The Labute approximate surface area is 130 Å². The predicted molar refractivity (Wildman–Crippen MR) is 87.7 cm³/mol. The number of nitrogens with zero attached hydrogens (tertiary/aromatic N) is 2. The summed E-state index contributed by atoms with van der Waals surface area (Å²) in [6.07, 6.45) is 4.89. The molecule has 22 heavy (non-hydrogen) atoms. The number of nitrogens with two attached hydrogens (primary N) is 1. The third-order valence-electron chi connectivity index (χ3n) is 3.91. The van der Waals surface area contributed by atoms with E-state index in [2.05, 4.69) is 15.6 Å². The molecule has 1 aromatic heterocycles. The van der Waals surface area contributed by atoms with Crippen molar-refractivity contribution in [3.8, 4) is 0 Å². The minimum Gasteiger partial charge on any atom is -0.396 e. The number of nitrogens with one attached hydrogen (secondary N) is 2. The molecule has 0 unspecified atom stereocenters. The fourth-order valence-electron chi connectivity index (χ4n) is 2.46. The van der Waals surface area contributed by atoms with Gasteiger partial charge in [0.2, 0.25) is 5.91 Å². The van der Waals surface area contributed by atoms with E-state index < -0.39 is 0 Å². The van der Waals surface area contributed by atoms with E-state index in [0.717, 1.165) is 31.5 Å². The molecular weight excluding hydrogens is 282 g/mol. The van der Waals surface area contributed by atoms with Crippen LogP contribution in [0.25, 0.3) is 0 Å². The maximum atomic E-state index is 11.6. The second-order valence-corrected chi connectivity index (χ2v) is 5.95. The monoisotopic (exact) mass is 307 g/mol. The summed E-state index contributed by atoms with van der Waals surface area (Å²) in [4.78, 5) is 17.4. The number of hydrogen-bond acceptors (Lipinski definition) is 6. The number of amides is 1. The normalized spacial score (nSPS) is 21.2. The topological polar surface area (TPSA) is 104 Å². The van der Waals surface area contributed by atoms with Gasteiger partial charge in [-0.3, -0.25) is 4.79 Å². The number of carbonyl (C=O) groups excluding carboxylic acids is 1. The van der Waals surface area contributed by atoms with Crippen LogP contribution < -0.4 is 16.4 Å². The van der Waals surface area contributed by atoms with Gasteiger partial charge < -0.3 is 26.4 Å². The number of aliphatic hydroxyl groups is 1. The number of rotatable bonds is 5. The second kappa shape index (κ2) is 7.31. The molecule has 0 spiro atoms. The van der Waals surface area contributed by atoms with Gasteiger partial charge in [-0.15, -0.1) is 0 Å². The Kier molecular flexibility index (Phi) is 5.43. The Hall–Kier alpha value is -2.02. The molecule has 0 aromatic carbocycles. The van der Waals surface area contributed by atoms with Crippen molar-refractivity contribution >= 4 is 23.1 Å². The standard InChI is InChI=1S/C15H25N5O2/c1-20(2)15(22)9-17-13-7-14(18-8-12(13)16)19-10-3-5-11(21)6-4-10/h7-8,10-11,21H,3-6,9,16H2,1-2H3,(H2,17,18,19). The van der Waals surface area contributed by atoms with Crippen LogP contribution in [0.15, 0.2) is 12.3 Å². The number of likely N-dealkylation sites (N-methyl/N-ethyl adjacent to an activating group) is 1. The minimum absolute atomic E-state index is 0.0213. The fourth-order valence-corrected chi connectivity index (χ4v) is 2.46. The summed E-state index contributed by atoms with van der Waals surface area (Å²) >= 11 is 0. The van der Waals surface area contributed by atoms with Crippen molar-refractivity contribution in [3.05, 3.63) is 12.3 Å². The molecule has 0 radical (unpaired) electrons. The molecule has 0 bridgehead atoms. The molecule has 1 amide bonds. The van der Waals surface area contributed by atoms with Crippen LogP contribution in [0.5, 0.6) is 0 Å².